The zero-order valence-corrected chi connectivity index (χ0v) is 12.8. The summed E-state index contributed by atoms with van der Waals surface area (Å²) in [6, 6.07) is 11.5. The molecule has 1 N–H and O–H groups in total. The first kappa shape index (κ1) is 15.2. The summed E-state index contributed by atoms with van der Waals surface area (Å²) in [7, 11) is 0. The second kappa shape index (κ2) is 6.20. The van der Waals surface area contributed by atoms with E-state index >= 15 is 0 Å². The van der Waals surface area contributed by atoms with Crippen molar-refractivity contribution in [2.24, 2.45) is 0 Å². The largest absolute Gasteiger partial charge is 0.326 e. The van der Waals surface area contributed by atoms with E-state index in [2.05, 4.69) is 5.32 Å². The highest BCUT2D eigenvalue weighted by molar-refractivity contribution is 5.96. The van der Waals surface area contributed by atoms with Gasteiger partial charge in [-0.3, -0.25) is 9.59 Å². The summed E-state index contributed by atoms with van der Waals surface area (Å²) in [5, 5.41) is 2.82. The molecule has 1 aliphatic rings. The Labute approximate surface area is 133 Å². The van der Waals surface area contributed by atoms with Crippen LogP contribution in [0.5, 0.6) is 0 Å². The van der Waals surface area contributed by atoms with Gasteiger partial charge in [0.2, 0.25) is 11.8 Å². The van der Waals surface area contributed by atoms with Gasteiger partial charge in [-0.1, -0.05) is 12.1 Å². The molecule has 3 rings (SSSR count). The molecule has 0 saturated heterocycles. The van der Waals surface area contributed by atoms with E-state index in [9.17, 15) is 14.0 Å². The Hall–Kier alpha value is -2.69. The van der Waals surface area contributed by atoms with Crippen LogP contribution < -0.4 is 10.2 Å². The first-order valence-corrected chi connectivity index (χ1v) is 7.48. The molecule has 5 heteroatoms. The summed E-state index contributed by atoms with van der Waals surface area (Å²) in [6.45, 7) is 2.22. The SMILES string of the molecule is CC(=O)N1CCc2cc(NC(=O)Cc3cccc(F)c3)ccc21. The van der Waals surface area contributed by atoms with Gasteiger partial charge in [0, 0.05) is 24.8 Å². The van der Waals surface area contributed by atoms with E-state index in [0.717, 1.165) is 17.7 Å². The summed E-state index contributed by atoms with van der Waals surface area (Å²) >= 11 is 0. The molecule has 2 amide bonds. The molecule has 0 fully saturated rings. The molecule has 1 aliphatic heterocycles. The summed E-state index contributed by atoms with van der Waals surface area (Å²) in [4.78, 5) is 25.3. The van der Waals surface area contributed by atoms with Crippen LogP contribution in [0.25, 0.3) is 0 Å². The fourth-order valence-corrected chi connectivity index (χ4v) is 2.84. The molecule has 0 aliphatic carbocycles. The van der Waals surface area contributed by atoms with Gasteiger partial charge in [-0.15, -0.1) is 0 Å². The van der Waals surface area contributed by atoms with Crippen LogP contribution in [0, 0.1) is 5.82 Å². The van der Waals surface area contributed by atoms with E-state index < -0.39 is 0 Å². The fraction of sp³-hybridized carbons (Fsp3) is 0.222. The summed E-state index contributed by atoms with van der Waals surface area (Å²) < 4.78 is 13.1. The highest BCUT2D eigenvalue weighted by atomic mass is 19.1. The fourth-order valence-electron chi connectivity index (χ4n) is 2.84. The molecule has 0 radical (unpaired) electrons. The van der Waals surface area contributed by atoms with Crippen molar-refractivity contribution in [1.29, 1.82) is 0 Å². The number of amides is 2. The maximum Gasteiger partial charge on any atom is 0.228 e. The Balaban J connectivity index is 1.69. The zero-order valence-electron chi connectivity index (χ0n) is 12.8. The second-order valence-corrected chi connectivity index (χ2v) is 5.62. The highest BCUT2D eigenvalue weighted by Gasteiger charge is 2.22. The van der Waals surface area contributed by atoms with Crippen LogP contribution in [0.2, 0.25) is 0 Å². The Kier molecular flexibility index (Phi) is 4.10. The van der Waals surface area contributed by atoms with Crippen molar-refractivity contribution < 1.29 is 14.0 Å². The number of benzene rings is 2. The molecule has 1 heterocycles. The zero-order chi connectivity index (χ0) is 16.4. The van der Waals surface area contributed by atoms with Crippen LogP contribution in [0.4, 0.5) is 15.8 Å². The molecule has 4 nitrogen and oxygen atoms in total. The quantitative estimate of drug-likeness (QED) is 0.947. The molecular formula is C18H17FN2O2. The van der Waals surface area contributed by atoms with Gasteiger partial charge in [-0.05, 0) is 47.9 Å². The van der Waals surface area contributed by atoms with E-state index in [4.69, 9.17) is 0 Å². The Morgan fingerprint density at radius 1 is 1.22 bits per heavy atom. The van der Waals surface area contributed by atoms with Gasteiger partial charge >= 0.3 is 0 Å². The van der Waals surface area contributed by atoms with Gasteiger partial charge in [0.15, 0.2) is 0 Å². The van der Waals surface area contributed by atoms with Crippen LogP contribution in [0.15, 0.2) is 42.5 Å². The van der Waals surface area contributed by atoms with Gasteiger partial charge in [0.05, 0.1) is 6.42 Å². The van der Waals surface area contributed by atoms with Crippen LogP contribution in [-0.2, 0) is 22.4 Å². The molecule has 0 unspecified atom stereocenters. The van der Waals surface area contributed by atoms with Crippen molar-refractivity contribution >= 4 is 23.2 Å². The molecule has 0 spiro atoms. The minimum absolute atomic E-state index is 0.0200. The first-order valence-electron chi connectivity index (χ1n) is 7.48. The first-order chi connectivity index (χ1) is 11.0. The third-order valence-electron chi connectivity index (χ3n) is 3.89. The van der Waals surface area contributed by atoms with Crippen molar-refractivity contribution in [3.8, 4) is 0 Å². The molecule has 2 aromatic carbocycles. The number of rotatable bonds is 3. The maximum atomic E-state index is 13.1. The number of carbonyl (C=O) groups excluding carboxylic acids is 2. The molecular weight excluding hydrogens is 295 g/mol. The van der Waals surface area contributed by atoms with Gasteiger partial charge in [-0.25, -0.2) is 4.39 Å². The van der Waals surface area contributed by atoms with Crippen molar-refractivity contribution in [3.05, 3.63) is 59.4 Å². The second-order valence-electron chi connectivity index (χ2n) is 5.62. The normalized spacial score (nSPS) is 12.9. The highest BCUT2D eigenvalue weighted by Crippen LogP contribution is 2.30. The Morgan fingerprint density at radius 2 is 2.04 bits per heavy atom. The predicted molar refractivity (Wildman–Crippen MR) is 86.9 cm³/mol. The average molecular weight is 312 g/mol. The van der Waals surface area contributed by atoms with Crippen LogP contribution in [0.1, 0.15) is 18.1 Å². The van der Waals surface area contributed by atoms with Crippen molar-refractivity contribution in [2.75, 3.05) is 16.8 Å². The van der Waals surface area contributed by atoms with Crippen molar-refractivity contribution in [1.82, 2.24) is 0 Å². The lowest BCUT2D eigenvalue weighted by Crippen LogP contribution is -2.25. The number of nitrogens with one attached hydrogen (secondary N) is 1. The molecule has 0 bridgehead atoms. The van der Waals surface area contributed by atoms with E-state index in [1.807, 2.05) is 12.1 Å². The van der Waals surface area contributed by atoms with Crippen LogP contribution in [-0.4, -0.2) is 18.4 Å². The number of nitrogens with zero attached hydrogens (tertiary/aromatic N) is 1. The number of fused-ring (bicyclic) bond motifs is 1. The summed E-state index contributed by atoms with van der Waals surface area (Å²) in [5.74, 6) is -0.527. The Bertz CT molecular complexity index is 773. The lowest BCUT2D eigenvalue weighted by Gasteiger charge is -2.15. The lowest BCUT2D eigenvalue weighted by molar-refractivity contribution is -0.117. The number of anilines is 2. The molecule has 2 aromatic rings. The minimum atomic E-state index is -0.350. The summed E-state index contributed by atoms with van der Waals surface area (Å²) in [6.07, 6.45) is 0.900. The average Bonchev–Trinajstić information content (AvgIpc) is 2.90. The number of hydrogen-bond acceptors (Lipinski definition) is 2. The van der Waals surface area contributed by atoms with Crippen LogP contribution in [0.3, 0.4) is 0 Å². The van der Waals surface area contributed by atoms with E-state index in [1.165, 1.54) is 12.1 Å². The van der Waals surface area contributed by atoms with Gasteiger partial charge in [-0.2, -0.15) is 0 Å². The lowest BCUT2D eigenvalue weighted by atomic mass is 10.1. The van der Waals surface area contributed by atoms with Gasteiger partial charge < -0.3 is 10.2 Å². The topological polar surface area (TPSA) is 49.4 Å². The molecule has 23 heavy (non-hydrogen) atoms. The number of halogens is 1. The van der Waals surface area contributed by atoms with E-state index in [-0.39, 0.29) is 24.1 Å². The number of hydrogen-bond donors (Lipinski definition) is 1. The summed E-state index contributed by atoms with van der Waals surface area (Å²) in [5.41, 5.74) is 3.27. The molecule has 0 aromatic heterocycles. The van der Waals surface area contributed by atoms with Gasteiger partial charge in [0.1, 0.15) is 5.82 Å². The van der Waals surface area contributed by atoms with E-state index in [1.54, 1.807) is 30.0 Å². The standard InChI is InChI=1S/C18H17FN2O2/c1-12(22)21-8-7-14-11-16(5-6-17(14)21)20-18(23)10-13-3-2-4-15(19)9-13/h2-6,9,11H,7-8,10H2,1H3,(H,20,23). The number of carbonyl (C=O) groups is 2. The monoisotopic (exact) mass is 312 g/mol. The van der Waals surface area contributed by atoms with Crippen molar-refractivity contribution in [3.63, 3.8) is 0 Å². The van der Waals surface area contributed by atoms with Crippen molar-refractivity contribution in [2.45, 2.75) is 19.8 Å². The Morgan fingerprint density at radius 3 is 2.78 bits per heavy atom. The maximum absolute atomic E-state index is 13.1. The van der Waals surface area contributed by atoms with E-state index in [0.29, 0.717) is 17.8 Å². The smallest absolute Gasteiger partial charge is 0.228 e. The third-order valence-corrected chi connectivity index (χ3v) is 3.89. The molecule has 0 atom stereocenters. The third kappa shape index (κ3) is 3.39. The van der Waals surface area contributed by atoms with Crippen LogP contribution >= 0.6 is 0 Å². The predicted octanol–water partition coefficient (Wildman–Crippen LogP) is 2.92. The molecule has 118 valence electrons. The minimum Gasteiger partial charge on any atom is -0.326 e. The molecule has 0 saturated carbocycles. The van der Waals surface area contributed by atoms with Gasteiger partial charge in [0.25, 0.3) is 0 Å².